The molecule has 2 unspecified atom stereocenters. The molecule has 3 aliphatic heterocycles. The summed E-state index contributed by atoms with van der Waals surface area (Å²) in [5.74, 6) is -1.33. The lowest BCUT2D eigenvalue weighted by atomic mass is 9.87. The van der Waals surface area contributed by atoms with Crippen molar-refractivity contribution in [1.82, 2.24) is 24.8 Å². The van der Waals surface area contributed by atoms with E-state index in [0.717, 1.165) is 28.7 Å². The smallest absolute Gasteiger partial charge is 0.336 e. The van der Waals surface area contributed by atoms with Crippen LogP contribution in [0.5, 0.6) is 5.75 Å². The molecule has 4 heterocycles. The van der Waals surface area contributed by atoms with Crippen LogP contribution in [0.15, 0.2) is 42.5 Å². The number of carbonyl (C=O) groups is 3. The standard InChI is InChI=1S/C35H38ClF2N5O6/c1-41-30(32(37)38)25(39-40-41)19-48-27-10-9-24(36)22-11-14-43(26(29(22)27)17-42-20-35(12-13-35)16-28(42)44)33(45)23-8-5-15-47-31(23)34(46)49-18-21-6-3-2-4-7-21/h2-4,6-7,9-10,23,26,31-32H,5,8,11-20H2,1H3/t23?,26-,31?/m1/s1. The van der Waals surface area contributed by atoms with Crippen LogP contribution in [0.1, 0.15) is 72.6 Å². The fourth-order valence-corrected chi connectivity index (χ4v) is 7.70. The van der Waals surface area contributed by atoms with Gasteiger partial charge in [-0.25, -0.2) is 18.3 Å². The molecule has 3 fully saturated rings. The Morgan fingerprint density at radius 3 is 2.67 bits per heavy atom. The van der Waals surface area contributed by atoms with E-state index in [2.05, 4.69) is 10.3 Å². The summed E-state index contributed by atoms with van der Waals surface area (Å²) in [7, 11) is 1.39. The van der Waals surface area contributed by atoms with Crippen LogP contribution in [-0.4, -0.2) is 74.9 Å². The first-order valence-corrected chi connectivity index (χ1v) is 17.0. The summed E-state index contributed by atoms with van der Waals surface area (Å²) in [4.78, 5) is 44.8. The molecule has 4 aliphatic rings. The number of ether oxygens (including phenoxy) is 3. The molecule has 11 nitrogen and oxygen atoms in total. The highest BCUT2D eigenvalue weighted by Gasteiger charge is 2.53. The Morgan fingerprint density at radius 1 is 1.14 bits per heavy atom. The van der Waals surface area contributed by atoms with E-state index in [0.29, 0.717) is 55.2 Å². The number of amides is 2. The Labute approximate surface area is 287 Å². The summed E-state index contributed by atoms with van der Waals surface area (Å²) in [5.41, 5.74) is 1.81. The number of likely N-dealkylation sites (tertiary alicyclic amines) is 1. The average molecular weight is 698 g/mol. The first-order chi connectivity index (χ1) is 23.6. The molecule has 0 bridgehead atoms. The van der Waals surface area contributed by atoms with Gasteiger partial charge >= 0.3 is 5.97 Å². The molecule has 14 heteroatoms. The second kappa shape index (κ2) is 13.7. The summed E-state index contributed by atoms with van der Waals surface area (Å²) in [6.45, 7) is 1.16. The van der Waals surface area contributed by atoms with Gasteiger partial charge in [-0.15, -0.1) is 5.10 Å². The predicted octanol–water partition coefficient (Wildman–Crippen LogP) is 4.96. The minimum absolute atomic E-state index is 0.0110. The Morgan fingerprint density at radius 2 is 1.94 bits per heavy atom. The molecular weight excluding hydrogens is 660 g/mol. The Hall–Kier alpha value is -4.10. The van der Waals surface area contributed by atoms with Crippen molar-refractivity contribution < 1.29 is 37.4 Å². The van der Waals surface area contributed by atoms with E-state index in [1.54, 1.807) is 21.9 Å². The molecule has 1 aliphatic carbocycles. The molecule has 0 radical (unpaired) electrons. The molecule has 3 atom stereocenters. The van der Waals surface area contributed by atoms with Crippen LogP contribution in [0.25, 0.3) is 0 Å². The number of esters is 1. The SMILES string of the molecule is Cn1nnc(COc2ccc(Cl)c3c2[C@@H](CN2CC4(CC4)CC2=O)N(C(=O)C2CCCOC2C(=O)OCc2ccccc2)CC3)c1C(F)F. The minimum atomic E-state index is -2.81. The number of halogens is 3. The van der Waals surface area contributed by atoms with E-state index in [1.807, 2.05) is 30.3 Å². The zero-order valence-corrected chi connectivity index (χ0v) is 27.9. The molecule has 49 heavy (non-hydrogen) atoms. The maximum absolute atomic E-state index is 14.6. The fourth-order valence-electron chi connectivity index (χ4n) is 7.44. The molecule has 1 saturated carbocycles. The number of benzene rings is 2. The lowest BCUT2D eigenvalue weighted by molar-refractivity contribution is -0.173. The van der Waals surface area contributed by atoms with Crippen molar-refractivity contribution in [3.8, 4) is 5.75 Å². The van der Waals surface area contributed by atoms with E-state index in [-0.39, 0.29) is 54.9 Å². The average Bonchev–Trinajstić information content (AvgIpc) is 3.64. The van der Waals surface area contributed by atoms with Crippen LogP contribution >= 0.6 is 11.6 Å². The molecule has 2 amide bonds. The summed E-state index contributed by atoms with van der Waals surface area (Å²) in [5, 5.41) is 8.10. The molecule has 260 valence electrons. The highest BCUT2D eigenvalue weighted by Crippen LogP contribution is 2.54. The Bertz CT molecular complexity index is 1730. The second-order valence-electron chi connectivity index (χ2n) is 13.5. The zero-order chi connectivity index (χ0) is 34.3. The van der Waals surface area contributed by atoms with Gasteiger partial charge in [0.1, 0.15) is 30.4 Å². The fraction of sp³-hybridized carbons (Fsp3) is 0.514. The van der Waals surface area contributed by atoms with Gasteiger partial charge in [-0.1, -0.05) is 47.1 Å². The third-order valence-corrected chi connectivity index (χ3v) is 10.6. The molecule has 2 saturated heterocycles. The lowest BCUT2D eigenvalue weighted by Gasteiger charge is -2.43. The van der Waals surface area contributed by atoms with Gasteiger partial charge in [-0.3, -0.25) is 9.59 Å². The summed E-state index contributed by atoms with van der Waals surface area (Å²) >= 11 is 6.75. The van der Waals surface area contributed by atoms with E-state index in [9.17, 15) is 23.2 Å². The number of carbonyl (C=O) groups excluding carboxylic acids is 3. The van der Waals surface area contributed by atoms with Gasteiger partial charge < -0.3 is 24.0 Å². The van der Waals surface area contributed by atoms with Crippen molar-refractivity contribution >= 4 is 29.4 Å². The topological polar surface area (TPSA) is 116 Å². The maximum atomic E-state index is 14.6. The molecule has 1 spiro atoms. The van der Waals surface area contributed by atoms with Crippen molar-refractivity contribution in [3.63, 3.8) is 0 Å². The predicted molar refractivity (Wildman–Crippen MR) is 171 cm³/mol. The minimum Gasteiger partial charge on any atom is -0.487 e. The van der Waals surface area contributed by atoms with Crippen molar-refractivity contribution in [2.45, 2.75) is 70.3 Å². The summed E-state index contributed by atoms with van der Waals surface area (Å²) in [6, 6.07) is 11.9. The number of hydrogen-bond acceptors (Lipinski definition) is 8. The Balaban J connectivity index is 1.19. The van der Waals surface area contributed by atoms with Gasteiger partial charge in [0.25, 0.3) is 6.43 Å². The number of alkyl halides is 2. The Kier molecular flexibility index (Phi) is 9.31. The van der Waals surface area contributed by atoms with Crippen LogP contribution in [0.3, 0.4) is 0 Å². The number of fused-ring (bicyclic) bond motifs is 1. The maximum Gasteiger partial charge on any atom is 0.336 e. The summed E-state index contributed by atoms with van der Waals surface area (Å²) in [6.07, 6.45) is -0.0651. The summed E-state index contributed by atoms with van der Waals surface area (Å²) < 4.78 is 46.3. The first kappa shape index (κ1) is 33.4. The second-order valence-corrected chi connectivity index (χ2v) is 13.9. The van der Waals surface area contributed by atoms with Crippen LogP contribution < -0.4 is 4.74 Å². The number of rotatable bonds is 10. The first-order valence-electron chi connectivity index (χ1n) is 16.7. The van der Waals surface area contributed by atoms with E-state index < -0.39 is 30.5 Å². The molecule has 1 aromatic heterocycles. The number of hydrogen-bond donors (Lipinski definition) is 0. The van der Waals surface area contributed by atoms with Crippen molar-refractivity contribution in [2.24, 2.45) is 18.4 Å². The van der Waals surface area contributed by atoms with E-state index in [4.69, 9.17) is 25.8 Å². The van der Waals surface area contributed by atoms with E-state index in [1.165, 1.54) is 7.05 Å². The highest BCUT2D eigenvalue weighted by molar-refractivity contribution is 6.31. The quantitative estimate of drug-likeness (QED) is 0.273. The molecule has 2 aromatic carbocycles. The van der Waals surface area contributed by atoms with Crippen LogP contribution in [0.4, 0.5) is 8.78 Å². The molecule has 3 aromatic rings. The monoisotopic (exact) mass is 697 g/mol. The molecular formula is C35H38ClF2N5O6. The van der Waals surface area contributed by atoms with Crippen LogP contribution in [0.2, 0.25) is 5.02 Å². The van der Waals surface area contributed by atoms with Gasteiger partial charge in [0.15, 0.2) is 6.10 Å². The number of nitrogens with zero attached hydrogens (tertiary/aromatic N) is 5. The van der Waals surface area contributed by atoms with Crippen LogP contribution in [0, 0.1) is 11.3 Å². The number of aromatic nitrogens is 3. The van der Waals surface area contributed by atoms with Crippen molar-refractivity contribution in [2.75, 3.05) is 26.2 Å². The van der Waals surface area contributed by atoms with Gasteiger partial charge in [0.2, 0.25) is 11.8 Å². The number of aryl methyl sites for hydroxylation is 1. The molecule has 0 N–H and O–H groups in total. The van der Waals surface area contributed by atoms with Gasteiger partial charge in [-0.2, -0.15) is 0 Å². The van der Waals surface area contributed by atoms with Gasteiger partial charge in [0, 0.05) is 50.3 Å². The third kappa shape index (κ3) is 6.74. The van der Waals surface area contributed by atoms with Crippen LogP contribution in [-0.2, 0) is 50.5 Å². The van der Waals surface area contributed by atoms with Gasteiger partial charge in [-0.05, 0) is 60.8 Å². The third-order valence-electron chi connectivity index (χ3n) is 10.2. The van der Waals surface area contributed by atoms with Crippen molar-refractivity contribution in [3.05, 3.63) is 75.6 Å². The van der Waals surface area contributed by atoms with Gasteiger partial charge in [0.05, 0.1) is 12.0 Å². The highest BCUT2D eigenvalue weighted by atomic mass is 35.5. The molecule has 7 rings (SSSR count). The van der Waals surface area contributed by atoms with E-state index >= 15 is 0 Å². The zero-order valence-electron chi connectivity index (χ0n) is 27.2. The normalized spacial score (nSPS) is 22.8. The van der Waals surface area contributed by atoms with Crippen molar-refractivity contribution in [1.29, 1.82) is 0 Å². The largest absolute Gasteiger partial charge is 0.487 e. The lowest BCUT2D eigenvalue weighted by Crippen LogP contribution is -2.52.